The van der Waals surface area contributed by atoms with E-state index in [2.05, 4.69) is 23.8 Å². The van der Waals surface area contributed by atoms with Crippen molar-refractivity contribution in [2.24, 2.45) is 5.92 Å². The van der Waals surface area contributed by atoms with E-state index in [0.717, 1.165) is 5.69 Å². The Morgan fingerprint density at radius 3 is 2.52 bits per heavy atom. The number of likely N-dealkylation sites (tertiary alicyclic amines) is 1. The molecule has 1 N–H and O–H groups in total. The van der Waals surface area contributed by atoms with Gasteiger partial charge in [-0.25, -0.2) is 4.79 Å². The van der Waals surface area contributed by atoms with Crippen molar-refractivity contribution in [2.45, 2.75) is 52.6 Å². The highest BCUT2D eigenvalue weighted by Crippen LogP contribution is 2.29. The lowest BCUT2D eigenvalue weighted by Crippen LogP contribution is -2.50. The molecule has 1 aromatic rings. The predicted octanol–water partition coefficient (Wildman–Crippen LogP) is 3.22. The molecule has 0 unspecified atom stereocenters. The first-order valence-corrected chi connectivity index (χ1v) is 8.04. The Hall–Kier alpha value is -1.98. The minimum atomic E-state index is -0.487. The first kappa shape index (κ1) is 17.4. The van der Waals surface area contributed by atoms with E-state index < -0.39 is 5.60 Å². The zero-order valence-electron chi connectivity index (χ0n) is 14.6. The van der Waals surface area contributed by atoms with E-state index in [-0.39, 0.29) is 12.0 Å². The smallest absolute Gasteiger partial charge is 0.410 e. The van der Waals surface area contributed by atoms with Gasteiger partial charge in [0.05, 0.1) is 11.4 Å². The molecule has 1 fully saturated rings. The quantitative estimate of drug-likeness (QED) is 0.864. The topological polar surface area (TPSA) is 79.2 Å². The third-order valence-corrected chi connectivity index (χ3v) is 3.54. The minimum absolute atomic E-state index is 0.124. The summed E-state index contributed by atoms with van der Waals surface area (Å²) in [4.78, 5) is 22.4. The minimum Gasteiger partial charge on any atom is -0.444 e. The third-order valence-electron chi connectivity index (χ3n) is 3.54. The van der Waals surface area contributed by atoms with Gasteiger partial charge in [-0.3, -0.25) is 9.97 Å². The van der Waals surface area contributed by atoms with E-state index in [1.54, 1.807) is 17.3 Å². The first-order chi connectivity index (χ1) is 10.7. The summed E-state index contributed by atoms with van der Waals surface area (Å²) in [6.45, 7) is 10.9. The summed E-state index contributed by atoms with van der Waals surface area (Å²) >= 11 is 0. The van der Waals surface area contributed by atoms with Gasteiger partial charge in [-0.15, -0.1) is 0 Å². The molecule has 1 aromatic heterocycles. The predicted molar refractivity (Wildman–Crippen MR) is 88.9 cm³/mol. The number of nitrogens with zero attached hydrogens (tertiary/aromatic N) is 3. The number of carbonyl (C=O) groups excluding carboxylic acids is 1. The van der Waals surface area contributed by atoms with Crippen molar-refractivity contribution in [1.82, 2.24) is 14.9 Å². The molecule has 0 saturated carbocycles. The zero-order valence-corrected chi connectivity index (χ0v) is 14.6. The number of nitrogens with one attached hydrogen (secondary N) is 1. The monoisotopic (exact) mass is 318 g/mol. The molecule has 6 nitrogen and oxygen atoms in total. The van der Waals surface area contributed by atoms with Crippen LogP contribution < -0.4 is 0 Å². The third kappa shape index (κ3) is 4.50. The number of rotatable bonds is 4. The maximum Gasteiger partial charge on any atom is 0.410 e. The highest BCUT2D eigenvalue weighted by Gasteiger charge is 2.37. The van der Waals surface area contributed by atoms with Gasteiger partial charge >= 0.3 is 6.09 Å². The van der Waals surface area contributed by atoms with E-state index >= 15 is 0 Å². The Labute approximate surface area is 137 Å². The summed E-state index contributed by atoms with van der Waals surface area (Å²) < 4.78 is 5.36. The standard InChI is InChI=1S/C17H26N4O2/c1-11(2)8-13(18)15-14(19-6-7-20-15)12-9-21(10-12)16(22)23-17(3,4)5/h6-7,11-12,18H,8-10H2,1-5H3. The second-order valence-corrected chi connectivity index (χ2v) is 7.45. The Bertz CT molecular complexity index is 587. The van der Waals surface area contributed by atoms with Gasteiger partial charge in [0, 0.05) is 31.4 Å². The molecule has 0 atom stereocenters. The molecule has 0 aliphatic carbocycles. The second-order valence-electron chi connectivity index (χ2n) is 7.45. The van der Waals surface area contributed by atoms with E-state index in [9.17, 15) is 4.79 Å². The Morgan fingerprint density at radius 2 is 1.96 bits per heavy atom. The molecule has 23 heavy (non-hydrogen) atoms. The number of carbonyl (C=O) groups is 1. The highest BCUT2D eigenvalue weighted by atomic mass is 16.6. The average Bonchev–Trinajstić information content (AvgIpc) is 2.34. The molecule has 1 amide bonds. The van der Waals surface area contributed by atoms with Gasteiger partial charge in [-0.05, 0) is 33.1 Å². The average molecular weight is 318 g/mol. The van der Waals surface area contributed by atoms with Crippen LogP contribution in [0, 0.1) is 11.3 Å². The largest absolute Gasteiger partial charge is 0.444 e. The Morgan fingerprint density at radius 1 is 1.35 bits per heavy atom. The molecule has 0 spiro atoms. The molecule has 0 aromatic carbocycles. The van der Waals surface area contributed by atoms with E-state index in [1.165, 1.54) is 0 Å². The van der Waals surface area contributed by atoms with Gasteiger partial charge in [0.15, 0.2) is 0 Å². The van der Waals surface area contributed by atoms with Crippen LogP contribution in [0.25, 0.3) is 0 Å². The SMILES string of the molecule is CC(C)CC(=N)c1nccnc1C1CN(C(=O)OC(C)(C)C)C1. The van der Waals surface area contributed by atoms with Crippen molar-refractivity contribution in [2.75, 3.05) is 13.1 Å². The van der Waals surface area contributed by atoms with Crippen molar-refractivity contribution in [3.63, 3.8) is 0 Å². The number of amides is 1. The van der Waals surface area contributed by atoms with Crippen molar-refractivity contribution >= 4 is 11.8 Å². The first-order valence-electron chi connectivity index (χ1n) is 8.04. The van der Waals surface area contributed by atoms with Crippen molar-refractivity contribution in [1.29, 1.82) is 5.41 Å². The Kier molecular flexibility index (Phi) is 5.02. The van der Waals surface area contributed by atoms with Crippen LogP contribution in [0.5, 0.6) is 0 Å². The summed E-state index contributed by atoms with van der Waals surface area (Å²) in [6.07, 6.45) is 3.65. The van der Waals surface area contributed by atoms with Crippen LogP contribution in [0.1, 0.15) is 58.3 Å². The van der Waals surface area contributed by atoms with E-state index in [4.69, 9.17) is 10.1 Å². The number of hydrogen-bond acceptors (Lipinski definition) is 5. The van der Waals surface area contributed by atoms with Crippen LogP contribution in [-0.4, -0.2) is 45.4 Å². The van der Waals surface area contributed by atoms with Crippen molar-refractivity contribution in [3.8, 4) is 0 Å². The summed E-state index contributed by atoms with van der Waals surface area (Å²) in [5, 5.41) is 8.24. The molecule has 1 aliphatic rings. The zero-order chi connectivity index (χ0) is 17.2. The lowest BCUT2D eigenvalue weighted by Gasteiger charge is -2.39. The molecular weight excluding hydrogens is 292 g/mol. The van der Waals surface area contributed by atoms with Crippen molar-refractivity contribution < 1.29 is 9.53 Å². The van der Waals surface area contributed by atoms with Gasteiger partial charge in [0.1, 0.15) is 11.3 Å². The molecule has 0 bridgehead atoms. The number of hydrogen-bond donors (Lipinski definition) is 1. The van der Waals surface area contributed by atoms with Crippen LogP contribution in [0.3, 0.4) is 0 Å². The van der Waals surface area contributed by atoms with Crippen LogP contribution in [-0.2, 0) is 4.74 Å². The van der Waals surface area contributed by atoms with E-state index in [1.807, 2.05) is 20.8 Å². The Balaban J connectivity index is 2.03. The van der Waals surface area contributed by atoms with Gasteiger partial charge < -0.3 is 15.0 Å². The molecule has 2 heterocycles. The molecule has 0 radical (unpaired) electrons. The molecule has 2 rings (SSSR count). The summed E-state index contributed by atoms with van der Waals surface area (Å²) in [7, 11) is 0. The van der Waals surface area contributed by atoms with Gasteiger partial charge in [-0.1, -0.05) is 13.8 Å². The fourth-order valence-corrected chi connectivity index (χ4v) is 2.51. The molecule has 6 heteroatoms. The highest BCUT2D eigenvalue weighted by molar-refractivity contribution is 5.97. The van der Waals surface area contributed by atoms with E-state index in [0.29, 0.717) is 36.8 Å². The number of aromatic nitrogens is 2. The fraction of sp³-hybridized carbons (Fsp3) is 0.647. The summed E-state index contributed by atoms with van der Waals surface area (Å²) in [6, 6.07) is 0. The lowest BCUT2D eigenvalue weighted by atomic mass is 9.92. The van der Waals surface area contributed by atoms with Gasteiger partial charge in [0.2, 0.25) is 0 Å². The number of ether oxygens (including phenoxy) is 1. The molecule has 1 aliphatic heterocycles. The van der Waals surface area contributed by atoms with Crippen LogP contribution in [0.4, 0.5) is 4.79 Å². The van der Waals surface area contributed by atoms with Crippen LogP contribution in [0.15, 0.2) is 12.4 Å². The summed E-state index contributed by atoms with van der Waals surface area (Å²) in [5.41, 5.74) is 1.51. The molecule has 1 saturated heterocycles. The maximum absolute atomic E-state index is 12.0. The van der Waals surface area contributed by atoms with Crippen molar-refractivity contribution in [3.05, 3.63) is 23.8 Å². The normalized spacial score (nSPS) is 15.5. The molecular formula is C17H26N4O2. The van der Waals surface area contributed by atoms with Gasteiger partial charge in [-0.2, -0.15) is 0 Å². The summed E-state index contributed by atoms with van der Waals surface area (Å²) in [5.74, 6) is 0.524. The molecule has 126 valence electrons. The van der Waals surface area contributed by atoms with Crippen LogP contribution in [0.2, 0.25) is 0 Å². The van der Waals surface area contributed by atoms with Gasteiger partial charge in [0.25, 0.3) is 0 Å². The second kappa shape index (κ2) is 6.64. The van der Waals surface area contributed by atoms with Crippen LogP contribution >= 0.6 is 0 Å². The maximum atomic E-state index is 12.0. The fourth-order valence-electron chi connectivity index (χ4n) is 2.51. The lowest BCUT2D eigenvalue weighted by molar-refractivity contribution is 0.00782.